The summed E-state index contributed by atoms with van der Waals surface area (Å²) < 4.78 is 24.0. The second kappa shape index (κ2) is 7.61. The lowest BCUT2D eigenvalue weighted by Crippen LogP contribution is -2.28. The lowest BCUT2D eigenvalue weighted by molar-refractivity contribution is 0.405. The van der Waals surface area contributed by atoms with Crippen molar-refractivity contribution < 1.29 is 13.9 Å². The predicted molar refractivity (Wildman–Crippen MR) is 89.0 cm³/mol. The first-order valence-corrected chi connectivity index (χ1v) is 7.05. The molecule has 116 valence electrons. The van der Waals surface area contributed by atoms with Crippen LogP contribution in [0.4, 0.5) is 10.1 Å². The van der Waals surface area contributed by atoms with Gasteiger partial charge in [0.15, 0.2) is 5.11 Å². The van der Waals surface area contributed by atoms with E-state index in [2.05, 4.69) is 10.6 Å². The standard InChI is InChI=1S/C16H17FN2O2S/c1-20-12-7-8-15(21-2)14(9-12)19-16(22)18-10-11-5-3-4-6-13(11)17/h3-9H,10H2,1-2H3,(H2,18,19,22). The molecule has 2 N–H and O–H groups in total. The highest BCUT2D eigenvalue weighted by Gasteiger charge is 2.07. The van der Waals surface area contributed by atoms with Gasteiger partial charge in [-0.1, -0.05) is 18.2 Å². The van der Waals surface area contributed by atoms with Crippen LogP contribution in [0.5, 0.6) is 11.5 Å². The molecular formula is C16H17FN2O2S. The zero-order valence-corrected chi connectivity index (χ0v) is 13.2. The molecule has 2 aromatic carbocycles. The Hall–Kier alpha value is -2.34. The summed E-state index contributed by atoms with van der Waals surface area (Å²) in [5, 5.41) is 6.35. The van der Waals surface area contributed by atoms with Crippen LogP contribution in [0, 0.1) is 5.82 Å². The molecular weight excluding hydrogens is 303 g/mol. The summed E-state index contributed by atoms with van der Waals surface area (Å²) in [5.74, 6) is 1.05. The Kier molecular flexibility index (Phi) is 5.55. The summed E-state index contributed by atoms with van der Waals surface area (Å²) in [6, 6.07) is 11.9. The molecule has 0 saturated heterocycles. The highest BCUT2D eigenvalue weighted by Crippen LogP contribution is 2.28. The van der Waals surface area contributed by atoms with Gasteiger partial charge in [-0.15, -0.1) is 0 Å². The van der Waals surface area contributed by atoms with Crippen LogP contribution in [-0.2, 0) is 6.54 Å². The van der Waals surface area contributed by atoms with Crippen molar-refractivity contribution >= 4 is 23.0 Å². The summed E-state index contributed by atoms with van der Waals surface area (Å²) >= 11 is 5.22. The van der Waals surface area contributed by atoms with Gasteiger partial charge in [0.05, 0.1) is 19.9 Å². The number of anilines is 1. The van der Waals surface area contributed by atoms with E-state index >= 15 is 0 Å². The van der Waals surface area contributed by atoms with E-state index in [1.54, 1.807) is 50.6 Å². The number of benzene rings is 2. The Balaban J connectivity index is 2.01. The van der Waals surface area contributed by atoms with Gasteiger partial charge in [0, 0.05) is 18.2 Å². The number of methoxy groups -OCH3 is 2. The third kappa shape index (κ3) is 4.08. The van der Waals surface area contributed by atoms with Crippen molar-refractivity contribution in [3.63, 3.8) is 0 Å². The van der Waals surface area contributed by atoms with Crippen molar-refractivity contribution in [1.29, 1.82) is 0 Å². The van der Waals surface area contributed by atoms with E-state index < -0.39 is 0 Å². The first-order valence-electron chi connectivity index (χ1n) is 6.64. The molecule has 2 aromatic rings. The first kappa shape index (κ1) is 16.0. The molecule has 2 rings (SSSR count). The molecule has 0 saturated carbocycles. The van der Waals surface area contributed by atoms with Crippen molar-refractivity contribution in [3.05, 3.63) is 53.8 Å². The molecule has 0 radical (unpaired) electrons. The number of thiocarbonyl (C=S) groups is 1. The van der Waals surface area contributed by atoms with Crippen molar-refractivity contribution in [2.24, 2.45) is 0 Å². The number of halogens is 1. The molecule has 0 amide bonds. The Labute approximate surface area is 134 Å². The zero-order valence-electron chi connectivity index (χ0n) is 12.4. The number of hydrogen-bond acceptors (Lipinski definition) is 3. The van der Waals surface area contributed by atoms with E-state index in [4.69, 9.17) is 21.7 Å². The van der Waals surface area contributed by atoms with Crippen molar-refractivity contribution in [2.45, 2.75) is 6.54 Å². The Bertz CT molecular complexity index is 664. The highest BCUT2D eigenvalue weighted by molar-refractivity contribution is 7.80. The summed E-state index contributed by atoms with van der Waals surface area (Å²) in [7, 11) is 3.16. The topological polar surface area (TPSA) is 42.5 Å². The second-order valence-electron chi connectivity index (χ2n) is 4.47. The van der Waals surface area contributed by atoms with Gasteiger partial charge in [0.25, 0.3) is 0 Å². The Morgan fingerprint density at radius 1 is 1.14 bits per heavy atom. The van der Waals surface area contributed by atoms with Crippen molar-refractivity contribution in [3.8, 4) is 11.5 Å². The monoisotopic (exact) mass is 320 g/mol. The van der Waals surface area contributed by atoms with Gasteiger partial charge in [-0.05, 0) is 30.4 Å². The van der Waals surface area contributed by atoms with Crippen LogP contribution in [-0.4, -0.2) is 19.3 Å². The Morgan fingerprint density at radius 3 is 2.59 bits per heavy atom. The van der Waals surface area contributed by atoms with Crippen LogP contribution in [0.15, 0.2) is 42.5 Å². The minimum Gasteiger partial charge on any atom is -0.497 e. The maximum absolute atomic E-state index is 13.5. The molecule has 22 heavy (non-hydrogen) atoms. The van der Waals surface area contributed by atoms with Crippen LogP contribution >= 0.6 is 12.2 Å². The summed E-state index contributed by atoms with van der Waals surface area (Å²) in [5.41, 5.74) is 1.22. The lowest BCUT2D eigenvalue weighted by atomic mass is 10.2. The molecule has 4 nitrogen and oxygen atoms in total. The lowest BCUT2D eigenvalue weighted by Gasteiger charge is -2.14. The Morgan fingerprint density at radius 2 is 1.91 bits per heavy atom. The van der Waals surface area contributed by atoms with Gasteiger partial charge in [-0.25, -0.2) is 4.39 Å². The van der Waals surface area contributed by atoms with Crippen LogP contribution in [0.25, 0.3) is 0 Å². The van der Waals surface area contributed by atoms with Crippen molar-refractivity contribution in [1.82, 2.24) is 5.32 Å². The molecule has 6 heteroatoms. The molecule has 0 aromatic heterocycles. The second-order valence-corrected chi connectivity index (χ2v) is 4.87. The van der Waals surface area contributed by atoms with Gasteiger partial charge in [-0.3, -0.25) is 0 Å². The average Bonchev–Trinajstić information content (AvgIpc) is 2.54. The third-order valence-electron chi connectivity index (χ3n) is 3.05. The summed E-state index contributed by atoms with van der Waals surface area (Å²) in [6.07, 6.45) is 0. The zero-order chi connectivity index (χ0) is 15.9. The van der Waals surface area contributed by atoms with Crippen molar-refractivity contribution in [2.75, 3.05) is 19.5 Å². The predicted octanol–water partition coefficient (Wildman–Crippen LogP) is 3.33. The third-order valence-corrected chi connectivity index (χ3v) is 3.30. The largest absolute Gasteiger partial charge is 0.497 e. The summed E-state index contributed by atoms with van der Waals surface area (Å²) in [6.45, 7) is 0.296. The molecule has 0 aliphatic carbocycles. The fourth-order valence-corrected chi connectivity index (χ4v) is 2.08. The quantitative estimate of drug-likeness (QED) is 0.827. The molecule has 0 unspecified atom stereocenters. The van der Waals surface area contributed by atoms with E-state index in [0.717, 1.165) is 0 Å². The molecule has 0 aliphatic rings. The smallest absolute Gasteiger partial charge is 0.171 e. The van der Waals surface area contributed by atoms with Crippen LogP contribution < -0.4 is 20.1 Å². The van der Waals surface area contributed by atoms with E-state index in [0.29, 0.717) is 34.4 Å². The highest BCUT2D eigenvalue weighted by atomic mass is 32.1. The molecule has 0 aliphatic heterocycles. The fraction of sp³-hybridized carbons (Fsp3) is 0.188. The van der Waals surface area contributed by atoms with E-state index in [1.807, 2.05) is 0 Å². The molecule has 0 heterocycles. The van der Waals surface area contributed by atoms with Gasteiger partial charge in [0.1, 0.15) is 17.3 Å². The van der Waals surface area contributed by atoms with E-state index in [1.165, 1.54) is 6.07 Å². The normalized spacial score (nSPS) is 9.95. The minimum atomic E-state index is -0.267. The van der Waals surface area contributed by atoms with E-state index in [9.17, 15) is 4.39 Å². The first-order chi connectivity index (χ1) is 10.6. The van der Waals surface area contributed by atoms with Crippen LogP contribution in [0.1, 0.15) is 5.56 Å². The minimum absolute atomic E-state index is 0.267. The molecule has 0 spiro atoms. The average molecular weight is 320 g/mol. The van der Waals surface area contributed by atoms with Gasteiger partial charge in [-0.2, -0.15) is 0 Å². The fourth-order valence-electron chi connectivity index (χ4n) is 1.90. The van der Waals surface area contributed by atoms with E-state index in [-0.39, 0.29) is 5.82 Å². The van der Waals surface area contributed by atoms with Gasteiger partial charge in [0.2, 0.25) is 0 Å². The number of ether oxygens (including phenoxy) is 2. The van der Waals surface area contributed by atoms with Crippen LogP contribution in [0.3, 0.4) is 0 Å². The molecule has 0 fully saturated rings. The SMILES string of the molecule is COc1ccc(OC)c(NC(=S)NCc2ccccc2F)c1. The van der Waals surface area contributed by atoms with Gasteiger partial charge >= 0.3 is 0 Å². The van der Waals surface area contributed by atoms with Crippen LogP contribution in [0.2, 0.25) is 0 Å². The number of nitrogens with one attached hydrogen (secondary N) is 2. The van der Waals surface area contributed by atoms with Gasteiger partial charge < -0.3 is 20.1 Å². The molecule has 0 bridgehead atoms. The summed E-state index contributed by atoms with van der Waals surface area (Å²) in [4.78, 5) is 0. The maximum atomic E-state index is 13.5. The number of rotatable bonds is 5. The molecule has 0 atom stereocenters. The number of hydrogen-bond donors (Lipinski definition) is 2. The maximum Gasteiger partial charge on any atom is 0.171 e.